The summed E-state index contributed by atoms with van der Waals surface area (Å²) in [7, 11) is 0. The molecule has 0 aromatic rings. The van der Waals surface area contributed by atoms with Crippen molar-refractivity contribution in [2.45, 2.75) is 37.8 Å². The monoisotopic (exact) mass is 124 g/mol. The molecule has 1 spiro atoms. The van der Waals surface area contributed by atoms with E-state index in [0.717, 1.165) is 6.04 Å². The molecule has 4 fully saturated rings. The maximum atomic E-state index is 5.77. The Balaban J connectivity index is 2.04. The molecule has 2 bridgehead atoms. The van der Waals surface area contributed by atoms with Crippen molar-refractivity contribution in [3.05, 3.63) is 0 Å². The predicted molar refractivity (Wildman–Crippen MR) is 34.5 cm³/mol. The van der Waals surface area contributed by atoms with E-state index < -0.39 is 0 Å². The molecule has 2 aliphatic carbocycles. The molecule has 2 saturated heterocycles. The van der Waals surface area contributed by atoms with E-state index in [9.17, 15) is 0 Å². The Morgan fingerprint density at radius 1 is 1.56 bits per heavy atom. The molecule has 3 atom stereocenters. The highest BCUT2D eigenvalue weighted by Crippen LogP contribution is 2.76. The SMILES string of the molecule is CC12CC[C@@]13CC2N3N. The van der Waals surface area contributed by atoms with Gasteiger partial charge in [0.1, 0.15) is 0 Å². The lowest BCUT2D eigenvalue weighted by Crippen LogP contribution is -2.96. The predicted octanol–water partition coefficient (Wildman–Crippen LogP) is 0.487. The summed E-state index contributed by atoms with van der Waals surface area (Å²) in [6, 6.07) is 0.756. The van der Waals surface area contributed by atoms with Gasteiger partial charge in [-0.2, -0.15) is 0 Å². The van der Waals surface area contributed by atoms with Crippen LogP contribution in [-0.4, -0.2) is 16.6 Å². The third kappa shape index (κ3) is 0.204. The summed E-state index contributed by atoms with van der Waals surface area (Å²) in [5.74, 6) is 5.77. The summed E-state index contributed by atoms with van der Waals surface area (Å²) < 4.78 is 0. The molecule has 0 aromatic heterocycles. The van der Waals surface area contributed by atoms with Crippen LogP contribution in [-0.2, 0) is 0 Å². The summed E-state index contributed by atoms with van der Waals surface area (Å²) >= 11 is 0. The van der Waals surface area contributed by atoms with Gasteiger partial charge in [0, 0.05) is 17.0 Å². The van der Waals surface area contributed by atoms with E-state index in [1.807, 2.05) is 0 Å². The van der Waals surface area contributed by atoms with Gasteiger partial charge in [-0.05, 0) is 19.3 Å². The van der Waals surface area contributed by atoms with Crippen molar-refractivity contribution >= 4 is 0 Å². The van der Waals surface area contributed by atoms with Crippen LogP contribution in [0.4, 0.5) is 0 Å². The van der Waals surface area contributed by atoms with Gasteiger partial charge in [-0.3, -0.25) is 5.84 Å². The first-order valence-electron chi connectivity index (χ1n) is 3.75. The minimum absolute atomic E-state index is 0.512. The largest absolute Gasteiger partial charge is 0.268 e. The standard InChI is InChI=1S/C7H12N2/c1-6-2-3-7(6)4-5(6)9(7)8/h5H,2-4,8H2,1H3/t5?,6?,7-/m1/s1. The first-order chi connectivity index (χ1) is 4.21. The van der Waals surface area contributed by atoms with Crippen LogP contribution in [0.15, 0.2) is 0 Å². The van der Waals surface area contributed by atoms with Gasteiger partial charge >= 0.3 is 0 Å². The van der Waals surface area contributed by atoms with E-state index in [-0.39, 0.29) is 0 Å². The van der Waals surface area contributed by atoms with E-state index in [1.54, 1.807) is 0 Å². The average Bonchev–Trinajstić information content (AvgIpc) is 1.85. The third-order valence-electron chi connectivity index (χ3n) is 4.22. The first-order valence-corrected chi connectivity index (χ1v) is 3.75. The molecule has 2 heteroatoms. The Kier molecular flexibility index (Phi) is 0.452. The number of rotatable bonds is 0. The lowest BCUT2D eigenvalue weighted by atomic mass is 9.33. The normalized spacial score (nSPS) is 69.3. The van der Waals surface area contributed by atoms with E-state index in [0.29, 0.717) is 11.0 Å². The first kappa shape index (κ1) is 4.69. The zero-order valence-corrected chi connectivity index (χ0v) is 5.72. The molecule has 4 rings (SSSR count). The molecule has 9 heavy (non-hydrogen) atoms. The van der Waals surface area contributed by atoms with E-state index in [2.05, 4.69) is 11.9 Å². The van der Waals surface area contributed by atoms with Gasteiger partial charge in [0.2, 0.25) is 0 Å². The van der Waals surface area contributed by atoms with Crippen molar-refractivity contribution in [3.8, 4) is 0 Å². The topological polar surface area (TPSA) is 29.3 Å². The molecule has 0 aromatic carbocycles. The number of hydrogen-bond acceptors (Lipinski definition) is 2. The van der Waals surface area contributed by atoms with Crippen molar-refractivity contribution in [2.24, 2.45) is 11.3 Å². The van der Waals surface area contributed by atoms with Crippen molar-refractivity contribution < 1.29 is 0 Å². The lowest BCUT2D eigenvalue weighted by molar-refractivity contribution is -0.376. The number of hydrogen-bond donors (Lipinski definition) is 1. The Morgan fingerprint density at radius 2 is 2.33 bits per heavy atom. The van der Waals surface area contributed by atoms with E-state index in [4.69, 9.17) is 5.84 Å². The summed E-state index contributed by atoms with van der Waals surface area (Å²) in [4.78, 5) is 0. The van der Waals surface area contributed by atoms with Gasteiger partial charge in [0.15, 0.2) is 0 Å². The Bertz CT molecular complexity index is 187. The fourth-order valence-corrected chi connectivity index (χ4v) is 3.09. The zero-order valence-electron chi connectivity index (χ0n) is 5.72. The minimum atomic E-state index is 0.512. The van der Waals surface area contributed by atoms with Crippen molar-refractivity contribution in [3.63, 3.8) is 0 Å². The van der Waals surface area contributed by atoms with Gasteiger partial charge in [0.05, 0.1) is 0 Å². The molecule has 0 amide bonds. The summed E-state index contributed by atoms with van der Waals surface area (Å²) in [6.07, 6.45) is 4.17. The number of hydrazine groups is 1. The number of piperidine rings is 1. The smallest absolute Gasteiger partial charge is 0.0440 e. The average molecular weight is 124 g/mol. The number of nitrogens with zero attached hydrogens (tertiary/aromatic N) is 1. The third-order valence-corrected chi connectivity index (χ3v) is 4.22. The molecule has 2 saturated carbocycles. The fraction of sp³-hybridized carbons (Fsp3) is 1.00. The van der Waals surface area contributed by atoms with E-state index >= 15 is 0 Å². The maximum Gasteiger partial charge on any atom is 0.0440 e. The van der Waals surface area contributed by atoms with Crippen LogP contribution >= 0.6 is 0 Å². The van der Waals surface area contributed by atoms with Crippen LogP contribution in [0.1, 0.15) is 26.2 Å². The molecule has 2 heterocycles. The van der Waals surface area contributed by atoms with Gasteiger partial charge in [-0.1, -0.05) is 6.92 Å². The lowest BCUT2D eigenvalue weighted by Gasteiger charge is -2.87. The van der Waals surface area contributed by atoms with Gasteiger partial charge < -0.3 is 0 Å². The van der Waals surface area contributed by atoms with Gasteiger partial charge in [-0.25, -0.2) is 5.01 Å². The second-order valence-electron chi connectivity index (χ2n) is 4.08. The quantitative estimate of drug-likeness (QED) is 0.476. The van der Waals surface area contributed by atoms with Crippen molar-refractivity contribution in [1.82, 2.24) is 5.01 Å². The second kappa shape index (κ2) is 0.867. The minimum Gasteiger partial charge on any atom is -0.268 e. The maximum absolute atomic E-state index is 5.77. The van der Waals surface area contributed by atoms with Crippen LogP contribution in [0.2, 0.25) is 0 Å². The highest BCUT2D eigenvalue weighted by molar-refractivity contribution is 5.35. The molecule has 4 aliphatic rings. The van der Waals surface area contributed by atoms with Crippen LogP contribution in [0, 0.1) is 5.41 Å². The van der Waals surface area contributed by atoms with E-state index in [1.165, 1.54) is 19.3 Å². The van der Waals surface area contributed by atoms with Crippen molar-refractivity contribution in [2.75, 3.05) is 0 Å². The van der Waals surface area contributed by atoms with Crippen LogP contribution in [0.5, 0.6) is 0 Å². The summed E-state index contributed by atoms with van der Waals surface area (Å²) in [5, 5.41) is 2.08. The molecule has 50 valence electrons. The summed E-state index contributed by atoms with van der Waals surface area (Å²) in [5.41, 5.74) is 1.18. The van der Waals surface area contributed by atoms with Gasteiger partial charge in [-0.15, -0.1) is 0 Å². The van der Waals surface area contributed by atoms with Crippen LogP contribution in [0.25, 0.3) is 0 Å². The summed E-state index contributed by atoms with van der Waals surface area (Å²) in [6.45, 7) is 2.38. The molecule has 2 nitrogen and oxygen atoms in total. The molecule has 0 radical (unpaired) electrons. The fourth-order valence-electron chi connectivity index (χ4n) is 3.09. The highest BCUT2D eigenvalue weighted by atomic mass is 15.6. The van der Waals surface area contributed by atoms with Gasteiger partial charge in [0.25, 0.3) is 0 Å². The van der Waals surface area contributed by atoms with Crippen molar-refractivity contribution in [1.29, 1.82) is 0 Å². The molecular weight excluding hydrogens is 112 g/mol. The molecule has 2 N–H and O–H groups in total. The molecular formula is C7H12N2. The second-order valence-corrected chi connectivity index (χ2v) is 4.08. The Labute approximate surface area is 55.0 Å². The highest BCUT2D eigenvalue weighted by Gasteiger charge is 2.82. The molecule has 2 unspecified atom stereocenters. The Hall–Kier alpha value is -0.0800. The molecule has 2 aliphatic heterocycles. The van der Waals surface area contributed by atoms with Crippen LogP contribution in [0.3, 0.4) is 0 Å². The van der Waals surface area contributed by atoms with Crippen LogP contribution < -0.4 is 5.84 Å². The number of nitrogens with two attached hydrogens (primary N) is 1. The Morgan fingerprint density at radius 3 is 2.33 bits per heavy atom. The zero-order chi connectivity index (χ0) is 6.28.